The first-order valence-electron chi connectivity index (χ1n) is 7.50. The van der Waals surface area contributed by atoms with Crippen LogP contribution in [0.4, 0.5) is 0 Å². The van der Waals surface area contributed by atoms with Crippen molar-refractivity contribution < 1.29 is 9.53 Å². The molecule has 0 saturated carbocycles. The number of carbonyl (C=O) groups excluding carboxylic acids is 1. The molecule has 3 aromatic rings. The van der Waals surface area contributed by atoms with Gasteiger partial charge in [-0.25, -0.2) is 5.43 Å². The van der Waals surface area contributed by atoms with Crippen molar-refractivity contribution in [1.82, 2.24) is 10.4 Å². The number of methoxy groups -OCH3 is 1. The highest BCUT2D eigenvalue weighted by Crippen LogP contribution is 2.22. The second-order valence-electron chi connectivity index (χ2n) is 5.30. The second-order valence-corrected chi connectivity index (χ2v) is 5.30. The van der Waals surface area contributed by atoms with Gasteiger partial charge in [0.1, 0.15) is 5.75 Å². The maximum absolute atomic E-state index is 12.0. The average molecular weight is 319 g/mol. The molecule has 0 radical (unpaired) electrons. The predicted octanol–water partition coefficient (Wildman–Crippen LogP) is 3.40. The van der Waals surface area contributed by atoms with Crippen molar-refractivity contribution >= 4 is 22.4 Å². The fourth-order valence-electron chi connectivity index (χ4n) is 2.34. The lowest BCUT2D eigenvalue weighted by molar-refractivity contribution is 0.0954. The van der Waals surface area contributed by atoms with Gasteiger partial charge in [0, 0.05) is 18.0 Å². The largest absolute Gasteiger partial charge is 0.497 e. The summed E-state index contributed by atoms with van der Waals surface area (Å²) in [5.41, 5.74) is 4.76. The monoisotopic (exact) mass is 319 g/mol. The van der Waals surface area contributed by atoms with Crippen LogP contribution >= 0.6 is 0 Å². The van der Waals surface area contributed by atoms with E-state index in [9.17, 15) is 4.79 Å². The van der Waals surface area contributed by atoms with Crippen molar-refractivity contribution in [3.05, 3.63) is 72.1 Å². The van der Waals surface area contributed by atoms with Gasteiger partial charge in [0.15, 0.2) is 0 Å². The van der Waals surface area contributed by atoms with E-state index in [0.717, 1.165) is 27.8 Å². The number of hydrazone groups is 1. The number of benzene rings is 2. The van der Waals surface area contributed by atoms with Crippen LogP contribution in [0.2, 0.25) is 0 Å². The fraction of sp³-hybridized carbons (Fsp3) is 0.105. The quantitative estimate of drug-likeness (QED) is 0.592. The topological polar surface area (TPSA) is 63.6 Å². The molecule has 1 aromatic heterocycles. The summed E-state index contributed by atoms with van der Waals surface area (Å²) in [7, 11) is 1.65. The van der Waals surface area contributed by atoms with Gasteiger partial charge in [-0.2, -0.15) is 5.10 Å². The molecule has 0 saturated heterocycles. The number of amides is 1. The Morgan fingerprint density at radius 3 is 2.46 bits per heavy atom. The van der Waals surface area contributed by atoms with E-state index in [1.54, 1.807) is 31.6 Å². The number of ether oxygens (including phenoxy) is 1. The molecule has 0 unspecified atom stereocenters. The molecule has 120 valence electrons. The van der Waals surface area contributed by atoms with Crippen LogP contribution in [-0.4, -0.2) is 23.7 Å². The van der Waals surface area contributed by atoms with Gasteiger partial charge in [-0.1, -0.05) is 18.2 Å². The normalized spacial score (nSPS) is 11.3. The molecule has 5 nitrogen and oxygen atoms in total. The summed E-state index contributed by atoms with van der Waals surface area (Å²) < 4.78 is 5.23. The lowest BCUT2D eigenvalue weighted by Crippen LogP contribution is -2.19. The van der Waals surface area contributed by atoms with Crippen LogP contribution in [0.1, 0.15) is 22.8 Å². The van der Waals surface area contributed by atoms with Gasteiger partial charge < -0.3 is 4.74 Å². The number of pyridine rings is 1. The molecule has 0 aliphatic heterocycles. The Morgan fingerprint density at radius 1 is 1.00 bits per heavy atom. The van der Waals surface area contributed by atoms with Gasteiger partial charge in [0.25, 0.3) is 5.91 Å². The van der Waals surface area contributed by atoms with Crippen LogP contribution in [0.15, 0.2) is 66.0 Å². The summed E-state index contributed by atoms with van der Waals surface area (Å²) in [5, 5.41) is 6.36. The van der Waals surface area contributed by atoms with Crippen LogP contribution in [0.3, 0.4) is 0 Å². The van der Waals surface area contributed by atoms with E-state index < -0.39 is 0 Å². The van der Waals surface area contributed by atoms with E-state index in [2.05, 4.69) is 15.5 Å². The van der Waals surface area contributed by atoms with Crippen molar-refractivity contribution in [1.29, 1.82) is 0 Å². The Bertz CT molecular complexity index is 905. The van der Waals surface area contributed by atoms with Crippen LogP contribution < -0.4 is 10.2 Å². The van der Waals surface area contributed by atoms with Gasteiger partial charge >= 0.3 is 0 Å². The van der Waals surface area contributed by atoms with Crippen LogP contribution in [0.5, 0.6) is 5.75 Å². The molecule has 1 amide bonds. The Kier molecular flexibility index (Phi) is 4.52. The third-order valence-electron chi connectivity index (χ3n) is 3.73. The van der Waals surface area contributed by atoms with Crippen LogP contribution in [0, 0.1) is 0 Å². The van der Waals surface area contributed by atoms with Gasteiger partial charge in [0.05, 0.1) is 12.8 Å². The van der Waals surface area contributed by atoms with E-state index in [1.165, 1.54) is 0 Å². The summed E-state index contributed by atoms with van der Waals surface area (Å²) in [5.74, 6) is 0.563. The zero-order chi connectivity index (χ0) is 16.9. The molecule has 0 spiro atoms. The van der Waals surface area contributed by atoms with E-state index in [1.807, 2.05) is 43.3 Å². The number of fused-ring (bicyclic) bond motifs is 1. The number of rotatable bonds is 4. The smallest absolute Gasteiger partial charge is 0.271 e. The second kappa shape index (κ2) is 6.91. The molecule has 2 aromatic carbocycles. The first-order chi connectivity index (χ1) is 11.7. The summed E-state index contributed by atoms with van der Waals surface area (Å²) in [4.78, 5) is 15.9. The number of hydrogen-bond donors (Lipinski definition) is 1. The van der Waals surface area contributed by atoms with E-state index in [0.29, 0.717) is 5.56 Å². The molecule has 0 fully saturated rings. The highest BCUT2D eigenvalue weighted by molar-refractivity contribution is 6.03. The van der Waals surface area contributed by atoms with Crippen molar-refractivity contribution in [2.24, 2.45) is 5.10 Å². The Morgan fingerprint density at radius 2 is 1.71 bits per heavy atom. The minimum Gasteiger partial charge on any atom is -0.497 e. The van der Waals surface area contributed by atoms with Crippen molar-refractivity contribution in [2.75, 3.05) is 7.11 Å². The third kappa shape index (κ3) is 3.41. The van der Waals surface area contributed by atoms with E-state index in [-0.39, 0.29) is 5.91 Å². The highest BCUT2D eigenvalue weighted by atomic mass is 16.5. The number of carbonyl (C=O) groups is 1. The van der Waals surface area contributed by atoms with Gasteiger partial charge in [-0.3, -0.25) is 9.78 Å². The fourth-order valence-corrected chi connectivity index (χ4v) is 2.34. The SMILES string of the molecule is COc1ccc2cc(/C(C)=N\NC(=O)c3ccncc3)ccc2c1. The van der Waals surface area contributed by atoms with Crippen molar-refractivity contribution in [3.8, 4) is 5.75 Å². The summed E-state index contributed by atoms with van der Waals surface area (Å²) in [6.45, 7) is 1.86. The molecule has 24 heavy (non-hydrogen) atoms. The average Bonchev–Trinajstić information content (AvgIpc) is 2.65. The lowest BCUT2D eigenvalue weighted by atomic mass is 10.0. The molecule has 1 heterocycles. The maximum atomic E-state index is 12.0. The molecule has 1 N–H and O–H groups in total. The lowest BCUT2D eigenvalue weighted by Gasteiger charge is -2.06. The molecular weight excluding hydrogens is 302 g/mol. The van der Waals surface area contributed by atoms with E-state index >= 15 is 0 Å². The van der Waals surface area contributed by atoms with Gasteiger partial charge in [-0.15, -0.1) is 0 Å². The molecule has 3 rings (SSSR count). The minimum atomic E-state index is -0.262. The first-order valence-corrected chi connectivity index (χ1v) is 7.50. The molecular formula is C19H17N3O2. The standard InChI is InChI=1S/C19H17N3O2/c1-13(21-22-19(23)14-7-9-20-10-8-14)15-3-4-17-12-18(24-2)6-5-16(17)11-15/h3-12H,1-2H3,(H,22,23)/b21-13-. The Balaban J connectivity index is 1.80. The number of hydrogen-bond acceptors (Lipinski definition) is 4. The summed E-state index contributed by atoms with van der Waals surface area (Å²) >= 11 is 0. The molecule has 0 aliphatic rings. The van der Waals surface area contributed by atoms with Crippen LogP contribution in [0.25, 0.3) is 10.8 Å². The van der Waals surface area contributed by atoms with Gasteiger partial charge in [-0.05, 0) is 53.6 Å². The third-order valence-corrected chi connectivity index (χ3v) is 3.73. The van der Waals surface area contributed by atoms with Gasteiger partial charge in [0.2, 0.25) is 0 Å². The van der Waals surface area contributed by atoms with Crippen LogP contribution in [-0.2, 0) is 0 Å². The number of nitrogens with zero attached hydrogens (tertiary/aromatic N) is 2. The Hall–Kier alpha value is -3.21. The number of nitrogens with one attached hydrogen (secondary N) is 1. The number of aromatic nitrogens is 1. The zero-order valence-electron chi connectivity index (χ0n) is 13.5. The predicted molar refractivity (Wildman–Crippen MR) is 94.4 cm³/mol. The molecule has 0 aliphatic carbocycles. The molecule has 0 atom stereocenters. The maximum Gasteiger partial charge on any atom is 0.271 e. The molecule has 5 heteroatoms. The zero-order valence-corrected chi connectivity index (χ0v) is 13.5. The minimum absolute atomic E-state index is 0.262. The first kappa shape index (κ1) is 15.7. The van der Waals surface area contributed by atoms with Crippen molar-refractivity contribution in [2.45, 2.75) is 6.92 Å². The summed E-state index contributed by atoms with van der Waals surface area (Å²) in [6, 6.07) is 15.2. The summed E-state index contributed by atoms with van der Waals surface area (Å²) in [6.07, 6.45) is 3.15. The molecule has 0 bridgehead atoms. The highest BCUT2D eigenvalue weighted by Gasteiger charge is 2.05. The van der Waals surface area contributed by atoms with Crippen molar-refractivity contribution in [3.63, 3.8) is 0 Å². The van der Waals surface area contributed by atoms with E-state index in [4.69, 9.17) is 4.74 Å². The Labute approximate surface area is 140 Å².